The van der Waals surface area contributed by atoms with Crippen LogP contribution in [0.4, 0.5) is 0 Å². The predicted octanol–water partition coefficient (Wildman–Crippen LogP) is 2.80. The number of imidazole rings is 1. The number of nitrogens with one attached hydrogen (secondary N) is 2. The molecule has 1 saturated heterocycles. The fourth-order valence-corrected chi connectivity index (χ4v) is 2.88. The van der Waals surface area contributed by atoms with Crippen LogP contribution in [0.5, 0.6) is 0 Å². The monoisotopic (exact) mass is 243 g/mol. The van der Waals surface area contributed by atoms with Gasteiger partial charge < -0.3 is 10.3 Å². The van der Waals surface area contributed by atoms with E-state index in [1.54, 1.807) is 0 Å². The maximum atomic E-state index is 4.44. The standard InChI is InChI=1S/C15H21N3/c1-11-17-14-7-6-12(9-15(14)18-11)4-5-13-3-2-8-16-10-13/h6-7,9,13,16H,2-5,8,10H2,1H3,(H,17,18). The molecule has 3 heteroatoms. The van der Waals surface area contributed by atoms with Gasteiger partial charge in [-0.3, -0.25) is 0 Å². The number of rotatable bonds is 3. The minimum atomic E-state index is 0.859. The molecule has 0 amide bonds. The van der Waals surface area contributed by atoms with Crippen molar-refractivity contribution in [3.05, 3.63) is 29.6 Å². The van der Waals surface area contributed by atoms with Crippen molar-refractivity contribution < 1.29 is 0 Å². The topological polar surface area (TPSA) is 40.7 Å². The lowest BCUT2D eigenvalue weighted by Gasteiger charge is -2.22. The van der Waals surface area contributed by atoms with Crippen LogP contribution in [0.3, 0.4) is 0 Å². The van der Waals surface area contributed by atoms with Crippen LogP contribution >= 0.6 is 0 Å². The second-order valence-electron chi connectivity index (χ2n) is 5.42. The number of hydrogen-bond donors (Lipinski definition) is 2. The molecule has 1 atom stereocenters. The molecule has 1 unspecified atom stereocenters. The molecule has 0 aliphatic carbocycles. The maximum absolute atomic E-state index is 4.44. The third-order valence-electron chi connectivity index (χ3n) is 3.90. The van der Waals surface area contributed by atoms with Crippen LogP contribution in [0.15, 0.2) is 18.2 Å². The Bertz CT molecular complexity index is 524. The molecule has 2 N–H and O–H groups in total. The van der Waals surface area contributed by atoms with Crippen LogP contribution in [0.1, 0.15) is 30.7 Å². The van der Waals surface area contributed by atoms with Crippen LogP contribution in [0, 0.1) is 12.8 Å². The fourth-order valence-electron chi connectivity index (χ4n) is 2.88. The zero-order valence-corrected chi connectivity index (χ0v) is 11.0. The summed E-state index contributed by atoms with van der Waals surface area (Å²) in [5.41, 5.74) is 3.68. The van der Waals surface area contributed by atoms with Gasteiger partial charge in [-0.1, -0.05) is 6.07 Å². The molecular weight excluding hydrogens is 222 g/mol. The highest BCUT2D eigenvalue weighted by Gasteiger charge is 2.12. The van der Waals surface area contributed by atoms with Gasteiger partial charge in [-0.15, -0.1) is 0 Å². The number of hydrogen-bond acceptors (Lipinski definition) is 2. The first kappa shape index (κ1) is 11.7. The van der Waals surface area contributed by atoms with Crippen LogP contribution in [0.2, 0.25) is 0 Å². The van der Waals surface area contributed by atoms with Gasteiger partial charge in [-0.25, -0.2) is 4.98 Å². The quantitative estimate of drug-likeness (QED) is 0.870. The van der Waals surface area contributed by atoms with E-state index >= 15 is 0 Å². The maximum Gasteiger partial charge on any atom is 0.104 e. The number of aryl methyl sites for hydroxylation is 2. The van der Waals surface area contributed by atoms with E-state index < -0.39 is 0 Å². The minimum Gasteiger partial charge on any atom is -0.342 e. The van der Waals surface area contributed by atoms with Gasteiger partial charge in [-0.2, -0.15) is 0 Å². The Morgan fingerprint density at radius 1 is 1.39 bits per heavy atom. The third kappa shape index (κ3) is 2.56. The molecule has 2 aromatic rings. The molecule has 1 fully saturated rings. The van der Waals surface area contributed by atoms with Crippen LogP contribution < -0.4 is 5.32 Å². The lowest BCUT2D eigenvalue weighted by molar-refractivity contribution is 0.358. The molecule has 3 nitrogen and oxygen atoms in total. The average molecular weight is 243 g/mol. The molecular formula is C15H21N3. The highest BCUT2D eigenvalue weighted by Crippen LogP contribution is 2.19. The van der Waals surface area contributed by atoms with Crippen LogP contribution in [0.25, 0.3) is 11.0 Å². The van der Waals surface area contributed by atoms with E-state index in [1.807, 2.05) is 6.92 Å². The summed E-state index contributed by atoms with van der Waals surface area (Å²) in [6.07, 6.45) is 5.20. The first-order valence-electron chi connectivity index (χ1n) is 6.97. The van der Waals surface area contributed by atoms with Gasteiger partial charge in [-0.05, 0) is 69.3 Å². The van der Waals surface area contributed by atoms with E-state index in [2.05, 4.69) is 33.5 Å². The molecule has 0 spiro atoms. The first-order valence-corrected chi connectivity index (χ1v) is 6.97. The van der Waals surface area contributed by atoms with Crippen molar-refractivity contribution in [3.63, 3.8) is 0 Å². The first-order chi connectivity index (χ1) is 8.81. The number of H-pyrrole nitrogens is 1. The normalized spacial score (nSPS) is 20.4. The number of aromatic nitrogens is 2. The van der Waals surface area contributed by atoms with Crippen molar-refractivity contribution in [2.75, 3.05) is 13.1 Å². The smallest absolute Gasteiger partial charge is 0.104 e. The minimum absolute atomic E-state index is 0.859. The van der Waals surface area contributed by atoms with Gasteiger partial charge in [0.1, 0.15) is 5.82 Å². The summed E-state index contributed by atoms with van der Waals surface area (Å²) in [5, 5.41) is 3.49. The summed E-state index contributed by atoms with van der Waals surface area (Å²) in [5.74, 6) is 1.86. The Morgan fingerprint density at radius 2 is 2.33 bits per heavy atom. The summed E-state index contributed by atoms with van der Waals surface area (Å²) >= 11 is 0. The van der Waals surface area contributed by atoms with Crippen molar-refractivity contribution in [1.29, 1.82) is 0 Å². The average Bonchev–Trinajstić information content (AvgIpc) is 2.77. The Balaban J connectivity index is 1.66. The summed E-state index contributed by atoms with van der Waals surface area (Å²) in [6.45, 7) is 4.41. The van der Waals surface area contributed by atoms with Crippen LogP contribution in [-0.2, 0) is 6.42 Å². The summed E-state index contributed by atoms with van der Waals surface area (Å²) in [6, 6.07) is 6.61. The highest BCUT2D eigenvalue weighted by atomic mass is 14.9. The third-order valence-corrected chi connectivity index (χ3v) is 3.90. The molecule has 1 aromatic carbocycles. The molecule has 0 saturated carbocycles. The number of benzene rings is 1. The van der Waals surface area contributed by atoms with Gasteiger partial charge in [0, 0.05) is 0 Å². The number of aromatic amines is 1. The number of nitrogens with zero attached hydrogens (tertiary/aromatic N) is 1. The Kier molecular flexibility index (Phi) is 3.33. The molecule has 0 radical (unpaired) electrons. The molecule has 96 valence electrons. The molecule has 1 aromatic heterocycles. The van der Waals surface area contributed by atoms with Crippen molar-refractivity contribution in [3.8, 4) is 0 Å². The van der Waals surface area contributed by atoms with Gasteiger partial charge in [0.15, 0.2) is 0 Å². The molecule has 2 heterocycles. The highest BCUT2D eigenvalue weighted by molar-refractivity contribution is 5.75. The van der Waals surface area contributed by atoms with Crippen molar-refractivity contribution >= 4 is 11.0 Å². The molecule has 1 aliphatic rings. The molecule has 18 heavy (non-hydrogen) atoms. The van der Waals surface area contributed by atoms with E-state index in [1.165, 1.54) is 49.9 Å². The predicted molar refractivity (Wildman–Crippen MR) is 74.7 cm³/mol. The van der Waals surface area contributed by atoms with Crippen molar-refractivity contribution in [1.82, 2.24) is 15.3 Å². The summed E-state index contributed by atoms with van der Waals surface area (Å²) in [4.78, 5) is 7.75. The van der Waals surface area contributed by atoms with Crippen molar-refractivity contribution in [2.45, 2.75) is 32.6 Å². The van der Waals surface area contributed by atoms with E-state index in [-0.39, 0.29) is 0 Å². The van der Waals surface area contributed by atoms with Gasteiger partial charge in [0.05, 0.1) is 11.0 Å². The van der Waals surface area contributed by atoms with Crippen LogP contribution in [-0.4, -0.2) is 23.1 Å². The SMILES string of the molecule is Cc1nc2ccc(CCC3CCCNC3)cc2[nH]1. The Morgan fingerprint density at radius 3 is 3.17 bits per heavy atom. The van der Waals surface area contributed by atoms with E-state index in [0.717, 1.165) is 17.3 Å². The summed E-state index contributed by atoms with van der Waals surface area (Å²) in [7, 11) is 0. The van der Waals surface area contributed by atoms with Gasteiger partial charge >= 0.3 is 0 Å². The fraction of sp³-hybridized carbons (Fsp3) is 0.533. The lowest BCUT2D eigenvalue weighted by atomic mass is 9.93. The largest absolute Gasteiger partial charge is 0.342 e. The zero-order valence-electron chi connectivity index (χ0n) is 11.0. The second kappa shape index (κ2) is 5.11. The number of fused-ring (bicyclic) bond motifs is 1. The van der Waals surface area contributed by atoms with Crippen molar-refractivity contribution in [2.24, 2.45) is 5.92 Å². The molecule has 3 rings (SSSR count). The van der Waals surface area contributed by atoms with Gasteiger partial charge in [0.25, 0.3) is 0 Å². The Labute approximate surface area is 108 Å². The number of piperidine rings is 1. The lowest BCUT2D eigenvalue weighted by Crippen LogP contribution is -2.29. The second-order valence-corrected chi connectivity index (χ2v) is 5.42. The van der Waals surface area contributed by atoms with E-state index in [0.29, 0.717) is 0 Å². The Hall–Kier alpha value is -1.35. The zero-order chi connectivity index (χ0) is 12.4. The van der Waals surface area contributed by atoms with E-state index in [9.17, 15) is 0 Å². The molecule has 0 bridgehead atoms. The molecule has 1 aliphatic heterocycles. The summed E-state index contributed by atoms with van der Waals surface area (Å²) < 4.78 is 0. The van der Waals surface area contributed by atoms with Gasteiger partial charge in [0.2, 0.25) is 0 Å². The van der Waals surface area contributed by atoms with E-state index in [4.69, 9.17) is 0 Å².